The summed E-state index contributed by atoms with van der Waals surface area (Å²) >= 11 is 0. The predicted octanol–water partition coefficient (Wildman–Crippen LogP) is 2.61. The van der Waals surface area contributed by atoms with E-state index in [0.29, 0.717) is 5.69 Å². The van der Waals surface area contributed by atoms with Crippen LogP contribution in [0.2, 0.25) is 0 Å². The highest BCUT2D eigenvalue weighted by molar-refractivity contribution is 6.02. The molecule has 3 heteroatoms. The van der Waals surface area contributed by atoms with Crippen LogP contribution >= 0.6 is 0 Å². The summed E-state index contributed by atoms with van der Waals surface area (Å²) in [6.45, 7) is 1.92. The smallest absolute Gasteiger partial charge is 0.203 e. The molecule has 0 saturated heterocycles. The lowest BCUT2D eigenvalue weighted by atomic mass is 10.0. The van der Waals surface area contributed by atoms with Crippen molar-refractivity contribution in [3.05, 3.63) is 59.4 Å². The number of fused-ring (bicyclic) bond motifs is 1. The van der Waals surface area contributed by atoms with Gasteiger partial charge in [-0.2, -0.15) is 0 Å². The fraction of sp³-hybridized carbons (Fsp3) is 0.200. The number of nitrogens with zero attached hydrogens (tertiary/aromatic N) is 1. The molecule has 1 aromatic heterocycles. The molecule has 0 radical (unpaired) electrons. The Morgan fingerprint density at radius 3 is 2.89 bits per heavy atom. The minimum atomic E-state index is -0.184. The first-order valence-corrected chi connectivity index (χ1v) is 6.06. The molecule has 1 atom stereocenters. The second kappa shape index (κ2) is 4.26. The van der Waals surface area contributed by atoms with Crippen molar-refractivity contribution >= 4 is 11.5 Å². The average Bonchev–Trinajstić information content (AvgIpc) is 2.82. The summed E-state index contributed by atoms with van der Waals surface area (Å²) in [4.78, 5) is 16.6. The first-order chi connectivity index (χ1) is 8.75. The van der Waals surface area contributed by atoms with Gasteiger partial charge in [-0.25, -0.2) is 0 Å². The molecule has 1 N–H and O–H groups in total. The number of ketones is 1. The number of nitrogens with one attached hydrogen (secondary N) is 1. The highest BCUT2D eigenvalue weighted by atomic mass is 16.1. The number of aromatic nitrogens is 1. The molecule has 0 bridgehead atoms. The van der Waals surface area contributed by atoms with Crippen LogP contribution in [0.25, 0.3) is 0 Å². The number of Topliss-reactive ketones (excluding diaryl/α,β-unsaturated/α-hetero) is 1. The van der Waals surface area contributed by atoms with E-state index in [1.54, 1.807) is 6.20 Å². The zero-order valence-corrected chi connectivity index (χ0v) is 10.2. The predicted molar refractivity (Wildman–Crippen MR) is 70.9 cm³/mol. The lowest BCUT2D eigenvalue weighted by Crippen LogP contribution is -2.28. The third-order valence-electron chi connectivity index (χ3n) is 3.33. The quantitative estimate of drug-likeness (QED) is 0.818. The molecule has 3 rings (SSSR count). The Bertz CT molecular complexity index is 582. The monoisotopic (exact) mass is 238 g/mol. The van der Waals surface area contributed by atoms with Gasteiger partial charge in [0.05, 0.1) is 6.04 Å². The van der Waals surface area contributed by atoms with Crippen LogP contribution < -0.4 is 5.32 Å². The summed E-state index contributed by atoms with van der Waals surface area (Å²) in [6, 6.07) is 11.6. The Kier molecular flexibility index (Phi) is 2.59. The summed E-state index contributed by atoms with van der Waals surface area (Å²) in [7, 11) is 0. The molecule has 3 nitrogen and oxygen atoms in total. The zero-order chi connectivity index (χ0) is 12.5. The van der Waals surface area contributed by atoms with Crippen molar-refractivity contribution in [2.75, 3.05) is 5.32 Å². The second-order valence-corrected chi connectivity index (χ2v) is 4.59. The summed E-state index contributed by atoms with van der Waals surface area (Å²) < 4.78 is 0. The van der Waals surface area contributed by atoms with E-state index in [-0.39, 0.29) is 11.8 Å². The summed E-state index contributed by atoms with van der Waals surface area (Å²) in [5, 5.41) is 3.27. The molecule has 0 amide bonds. The zero-order valence-electron chi connectivity index (χ0n) is 10.2. The molecule has 1 aliphatic heterocycles. The Balaban J connectivity index is 1.87. The van der Waals surface area contributed by atoms with Crippen molar-refractivity contribution in [1.29, 1.82) is 0 Å². The summed E-state index contributed by atoms with van der Waals surface area (Å²) in [5.74, 6) is 0.0734. The average molecular weight is 238 g/mol. The largest absolute Gasteiger partial charge is 0.374 e. The van der Waals surface area contributed by atoms with E-state index in [2.05, 4.69) is 16.4 Å². The Morgan fingerprint density at radius 1 is 1.28 bits per heavy atom. The van der Waals surface area contributed by atoms with Crippen LogP contribution in [0.3, 0.4) is 0 Å². The molecule has 0 saturated carbocycles. The van der Waals surface area contributed by atoms with Crippen molar-refractivity contribution in [1.82, 2.24) is 4.98 Å². The van der Waals surface area contributed by atoms with E-state index in [0.717, 1.165) is 17.7 Å². The SMILES string of the molecule is Cc1cccnc1C(=O)C1Cc2ccccc2N1. The maximum atomic E-state index is 12.4. The second-order valence-electron chi connectivity index (χ2n) is 4.59. The van der Waals surface area contributed by atoms with Gasteiger partial charge in [-0.05, 0) is 30.2 Å². The molecular weight excluding hydrogens is 224 g/mol. The van der Waals surface area contributed by atoms with Crippen LogP contribution in [-0.4, -0.2) is 16.8 Å². The number of anilines is 1. The molecule has 2 heterocycles. The molecule has 18 heavy (non-hydrogen) atoms. The van der Waals surface area contributed by atoms with E-state index in [9.17, 15) is 4.79 Å². The van der Waals surface area contributed by atoms with Crippen LogP contribution in [0, 0.1) is 6.92 Å². The number of carbonyl (C=O) groups excluding carboxylic acids is 1. The minimum Gasteiger partial charge on any atom is -0.374 e. The highest BCUT2D eigenvalue weighted by Crippen LogP contribution is 2.26. The number of para-hydroxylation sites is 1. The van der Waals surface area contributed by atoms with E-state index >= 15 is 0 Å². The standard InChI is InChI=1S/C15H14N2O/c1-10-5-4-8-16-14(10)15(18)13-9-11-6-2-3-7-12(11)17-13/h2-8,13,17H,9H2,1H3. The Morgan fingerprint density at radius 2 is 2.11 bits per heavy atom. The normalized spacial score (nSPS) is 17.1. The molecule has 1 unspecified atom stereocenters. The Labute approximate surface area is 106 Å². The van der Waals surface area contributed by atoms with Gasteiger partial charge in [-0.15, -0.1) is 0 Å². The van der Waals surface area contributed by atoms with E-state index in [1.165, 1.54) is 5.56 Å². The third-order valence-corrected chi connectivity index (χ3v) is 3.33. The van der Waals surface area contributed by atoms with Gasteiger partial charge >= 0.3 is 0 Å². The lowest BCUT2D eigenvalue weighted by Gasteiger charge is -2.10. The van der Waals surface area contributed by atoms with Crippen molar-refractivity contribution in [2.45, 2.75) is 19.4 Å². The fourth-order valence-electron chi connectivity index (χ4n) is 2.36. The number of carbonyl (C=O) groups is 1. The molecule has 0 fully saturated rings. The van der Waals surface area contributed by atoms with Crippen LogP contribution in [-0.2, 0) is 6.42 Å². The van der Waals surface area contributed by atoms with Gasteiger partial charge in [-0.3, -0.25) is 9.78 Å². The van der Waals surface area contributed by atoms with E-state index in [1.807, 2.05) is 37.3 Å². The van der Waals surface area contributed by atoms with Gasteiger partial charge in [-0.1, -0.05) is 24.3 Å². The van der Waals surface area contributed by atoms with Crippen molar-refractivity contribution in [3.63, 3.8) is 0 Å². The number of benzene rings is 1. The topological polar surface area (TPSA) is 42.0 Å². The van der Waals surface area contributed by atoms with Crippen LogP contribution in [0.4, 0.5) is 5.69 Å². The van der Waals surface area contributed by atoms with E-state index in [4.69, 9.17) is 0 Å². The van der Waals surface area contributed by atoms with Gasteiger partial charge in [0.25, 0.3) is 0 Å². The van der Waals surface area contributed by atoms with Gasteiger partial charge in [0.1, 0.15) is 5.69 Å². The van der Waals surface area contributed by atoms with Crippen LogP contribution in [0.1, 0.15) is 21.6 Å². The first kappa shape index (κ1) is 11.0. The number of hydrogen-bond acceptors (Lipinski definition) is 3. The highest BCUT2D eigenvalue weighted by Gasteiger charge is 2.28. The van der Waals surface area contributed by atoms with Gasteiger partial charge in [0, 0.05) is 18.3 Å². The molecule has 2 aromatic rings. The maximum Gasteiger partial charge on any atom is 0.203 e. The van der Waals surface area contributed by atoms with Gasteiger partial charge < -0.3 is 5.32 Å². The number of pyridine rings is 1. The molecule has 1 aromatic carbocycles. The molecule has 0 spiro atoms. The fourth-order valence-corrected chi connectivity index (χ4v) is 2.36. The maximum absolute atomic E-state index is 12.4. The van der Waals surface area contributed by atoms with Crippen molar-refractivity contribution < 1.29 is 4.79 Å². The molecule has 0 aliphatic carbocycles. The lowest BCUT2D eigenvalue weighted by molar-refractivity contribution is 0.0966. The summed E-state index contributed by atoms with van der Waals surface area (Å²) in [5.41, 5.74) is 3.76. The summed E-state index contributed by atoms with van der Waals surface area (Å²) in [6.07, 6.45) is 2.41. The minimum absolute atomic E-state index is 0.0734. The van der Waals surface area contributed by atoms with Gasteiger partial charge in [0.15, 0.2) is 0 Å². The van der Waals surface area contributed by atoms with Crippen LogP contribution in [0.15, 0.2) is 42.6 Å². The van der Waals surface area contributed by atoms with Crippen LogP contribution in [0.5, 0.6) is 0 Å². The van der Waals surface area contributed by atoms with Gasteiger partial charge in [0.2, 0.25) is 5.78 Å². The Hall–Kier alpha value is -2.16. The van der Waals surface area contributed by atoms with E-state index < -0.39 is 0 Å². The van der Waals surface area contributed by atoms with Crippen molar-refractivity contribution in [3.8, 4) is 0 Å². The number of rotatable bonds is 2. The molecule has 1 aliphatic rings. The van der Waals surface area contributed by atoms with Crippen molar-refractivity contribution in [2.24, 2.45) is 0 Å². The molecular formula is C15H14N2O. The number of aryl methyl sites for hydroxylation is 1. The molecule has 90 valence electrons. The first-order valence-electron chi connectivity index (χ1n) is 6.06. The number of hydrogen-bond donors (Lipinski definition) is 1. The third kappa shape index (κ3) is 1.78.